The highest BCUT2D eigenvalue weighted by molar-refractivity contribution is 9.10. The largest absolute Gasteiger partial charge is 0.0688 e. The molecule has 0 aliphatic carbocycles. The Bertz CT molecular complexity index is 730. The van der Waals surface area contributed by atoms with Crippen LogP contribution in [0.2, 0.25) is 0 Å². The van der Waals surface area contributed by atoms with Crippen LogP contribution in [0.3, 0.4) is 0 Å². The normalized spacial score (nSPS) is 11.7. The molecule has 0 heterocycles. The molecule has 3 aromatic rings. The van der Waals surface area contributed by atoms with Gasteiger partial charge in [-0.1, -0.05) is 102 Å². The standard InChI is InChI=1S/C22H19Br/c1-17(18-12-14-21(23)15-13-18)16-22(19-8-4-2-5-9-19)20-10-6-3-7-11-20/h2-17H,1H3. The van der Waals surface area contributed by atoms with E-state index < -0.39 is 0 Å². The topological polar surface area (TPSA) is 0 Å². The number of allylic oxidation sites excluding steroid dienone is 1. The van der Waals surface area contributed by atoms with Crippen molar-refractivity contribution in [2.75, 3.05) is 0 Å². The minimum Gasteiger partial charge on any atom is -0.0688 e. The van der Waals surface area contributed by atoms with Gasteiger partial charge in [-0.05, 0) is 40.3 Å². The lowest BCUT2D eigenvalue weighted by Gasteiger charge is -2.13. The predicted molar refractivity (Wildman–Crippen MR) is 103 cm³/mol. The minimum atomic E-state index is 0.346. The van der Waals surface area contributed by atoms with Crippen LogP contribution in [0.1, 0.15) is 29.5 Å². The van der Waals surface area contributed by atoms with Gasteiger partial charge in [-0.15, -0.1) is 0 Å². The van der Waals surface area contributed by atoms with E-state index in [4.69, 9.17) is 0 Å². The molecule has 1 heteroatoms. The van der Waals surface area contributed by atoms with E-state index in [0.717, 1.165) is 4.47 Å². The van der Waals surface area contributed by atoms with Crippen molar-refractivity contribution in [2.24, 2.45) is 0 Å². The molecule has 1 atom stereocenters. The predicted octanol–water partition coefficient (Wildman–Crippen LogP) is 6.68. The Hall–Kier alpha value is -2.12. The van der Waals surface area contributed by atoms with E-state index in [9.17, 15) is 0 Å². The summed E-state index contributed by atoms with van der Waals surface area (Å²) in [5.74, 6) is 0.346. The molecule has 0 bridgehead atoms. The highest BCUT2D eigenvalue weighted by Crippen LogP contribution is 2.28. The van der Waals surface area contributed by atoms with Crippen molar-refractivity contribution in [2.45, 2.75) is 12.8 Å². The van der Waals surface area contributed by atoms with Crippen molar-refractivity contribution in [1.82, 2.24) is 0 Å². The molecule has 0 spiro atoms. The molecule has 23 heavy (non-hydrogen) atoms. The van der Waals surface area contributed by atoms with Crippen molar-refractivity contribution >= 4 is 21.5 Å². The number of hydrogen-bond acceptors (Lipinski definition) is 0. The Morgan fingerprint density at radius 3 is 1.70 bits per heavy atom. The number of hydrogen-bond donors (Lipinski definition) is 0. The van der Waals surface area contributed by atoms with Crippen LogP contribution in [-0.2, 0) is 0 Å². The van der Waals surface area contributed by atoms with E-state index in [1.165, 1.54) is 22.3 Å². The van der Waals surface area contributed by atoms with Crippen molar-refractivity contribution in [3.05, 3.63) is 112 Å². The first-order valence-electron chi connectivity index (χ1n) is 7.82. The molecule has 114 valence electrons. The Morgan fingerprint density at radius 1 is 0.739 bits per heavy atom. The van der Waals surface area contributed by atoms with E-state index in [-0.39, 0.29) is 0 Å². The van der Waals surface area contributed by atoms with Gasteiger partial charge in [0.05, 0.1) is 0 Å². The second-order valence-electron chi connectivity index (χ2n) is 5.65. The Morgan fingerprint density at radius 2 is 1.22 bits per heavy atom. The van der Waals surface area contributed by atoms with Crippen LogP contribution in [0, 0.1) is 0 Å². The molecular weight excluding hydrogens is 344 g/mol. The molecule has 3 aromatic carbocycles. The second kappa shape index (κ2) is 7.43. The summed E-state index contributed by atoms with van der Waals surface area (Å²) in [5.41, 5.74) is 5.10. The third-order valence-electron chi connectivity index (χ3n) is 3.98. The number of benzene rings is 3. The van der Waals surface area contributed by atoms with Crippen molar-refractivity contribution in [3.63, 3.8) is 0 Å². The van der Waals surface area contributed by atoms with Gasteiger partial charge < -0.3 is 0 Å². The summed E-state index contributed by atoms with van der Waals surface area (Å²) >= 11 is 3.50. The highest BCUT2D eigenvalue weighted by atomic mass is 79.9. The summed E-state index contributed by atoms with van der Waals surface area (Å²) in [4.78, 5) is 0. The van der Waals surface area contributed by atoms with Crippen molar-refractivity contribution in [3.8, 4) is 0 Å². The lowest BCUT2D eigenvalue weighted by molar-refractivity contribution is 0.968. The molecule has 0 saturated heterocycles. The van der Waals surface area contributed by atoms with E-state index in [0.29, 0.717) is 5.92 Å². The van der Waals surface area contributed by atoms with Crippen LogP contribution < -0.4 is 0 Å². The summed E-state index contributed by atoms with van der Waals surface area (Å²) in [6.45, 7) is 2.25. The molecule has 1 unspecified atom stereocenters. The molecule has 0 fully saturated rings. The van der Waals surface area contributed by atoms with Crippen LogP contribution in [-0.4, -0.2) is 0 Å². The SMILES string of the molecule is CC(C=C(c1ccccc1)c1ccccc1)c1ccc(Br)cc1. The van der Waals surface area contributed by atoms with Gasteiger partial charge in [0.2, 0.25) is 0 Å². The number of rotatable bonds is 4. The van der Waals surface area contributed by atoms with Crippen LogP contribution in [0.15, 0.2) is 95.5 Å². The molecule has 0 radical (unpaired) electrons. The molecule has 0 aliphatic rings. The second-order valence-corrected chi connectivity index (χ2v) is 6.57. The highest BCUT2D eigenvalue weighted by Gasteiger charge is 2.08. The fourth-order valence-electron chi connectivity index (χ4n) is 2.71. The maximum Gasteiger partial charge on any atom is 0.0175 e. The van der Waals surface area contributed by atoms with Gasteiger partial charge in [-0.25, -0.2) is 0 Å². The fraction of sp³-hybridized carbons (Fsp3) is 0.0909. The average molecular weight is 363 g/mol. The van der Waals surface area contributed by atoms with Crippen LogP contribution in [0.25, 0.3) is 5.57 Å². The monoisotopic (exact) mass is 362 g/mol. The summed E-state index contributed by atoms with van der Waals surface area (Å²) in [7, 11) is 0. The zero-order valence-corrected chi connectivity index (χ0v) is 14.7. The molecule has 3 rings (SSSR count). The molecular formula is C22H19Br. The summed E-state index contributed by atoms with van der Waals surface area (Å²) in [6.07, 6.45) is 2.36. The van der Waals surface area contributed by atoms with Gasteiger partial charge in [0.25, 0.3) is 0 Å². The maximum atomic E-state index is 3.50. The Kier molecular flexibility index (Phi) is 5.09. The third kappa shape index (κ3) is 4.00. The zero-order chi connectivity index (χ0) is 16.1. The smallest absolute Gasteiger partial charge is 0.0175 e. The van der Waals surface area contributed by atoms with Gasteiger partial charge >= 0.3 is 0 Å². The molecule has 0 amide bonds. The van der Waals surface area contributed by atoms with Crippen LogP contribution >= 0.6 is 15.9 Å². The number of halogens is 1. The first-order chi connectivity index (χ1) is 11.2. The molecule has 0 aromatic heterocycles. The summed E-state index contributed by atoms with van der Waals surface area (Å²) in [5, 5.41) is 0. The maximum absolute atomic E-state index is 3.50. The molecule has 0 nitrogen and oxygen atoms in total. The minimum absolute atomic E-state index is 0.346. The van der Waals surface area contributed by atoms with E-state index in [1.807, 2.05) is 0 Å². The molecule has 0 saturated carbocycles. The summed E-state index contributed by atoms with van der Waals surface area (Å²) < 4.78 is 1.11. The quantitative estimate of drug-likeness (QED) is 0.485. The van der Waals surface area contributed by atoms with Crippen LogP contribution in [0.4, 0.5) is 0 Å². The average Bonchev–Trinajstić information content (AvgIpc) is 2.61. The van der Waals surface area contributed by atoms with Gasteiger partial charge in [0.1, 0.15) is 0 Å². The Balaban J connectivity index is 2.03. The molecule has 0 aliphatic heterocycles. The summed E-state index contributed by atoms with van der Waals surface area (Å²) in [6, 6.07) is 29.8. The van der Waals surface area contributed by atoms with Crippen molar-refractivity contribution in [1.29, 1.82) is 0 Å². The molecule has 0 N–H and O–H groups in total. The fourth-order valence-corrected chi connectivity index (χ4v) is 2.97. The van der Waals surface area contributed by atoms with E-state index >= 15 is 0 Å². The lowest BCUT2D eigenvalue weighted by Crippen LogP contribution is -1.94. The van der Waals surface area contributed by atoms with E-state index in [1.54, 1.807) is 0 Å². The first kappa shape index (κ1) is 15.8. The van der Waals surface area contributed by atoms with Crippen molar-refractivity contribution < 1.29 is 0 Å². The van der Waals surface area contributed by atoms with E-state index in [2.05, 4.69) is 114 Å². The third-order valence-corrected chi connectivity index (χ3v) is 4.51. The lowest BCUT2D eigenvalue weighted by atomic mass is 9.91. The van der Waals surface area contributed by atoms with Gasteiger partial charge in [0, 0.05) is 4.47 Å². The van der Waals surface area contributed by atoms with Gasteiger partial charge in [-0.2, -0.15) is 0 Å². The van der Waals surface area contributed by atoms with Gasteiger partial charge in [-0.3, -0.25) is 0 Å². The van der Waals surface area contributed by atoms with Gasteiger partial charge in [0.15, 0.2) is 0 Å². The Labute approximate surface area is 146 Å². The first-order valence-corrected chi connectivity index (χ1v) is 8.61. The zero-order valence-electron chi connectivity index (χ0n) is 13.1. The van der Waals surface area contributed by atoms with Crippen LogP contribution in [0.5, 0.6) is 0 Å².